The van der Waals surface area contributed by atoms with E-state index in [9.17, 15) is 47.7 Å². The van der Waals surface area contributed by atoms with Gasteiger partial charge in [-0.2, -0.15) is 0 Å². The second-order valence-corrected chi connectivity index (χ2v) is 24.0. The van der Waals surface area contributed by atoms with Crippen molar-refractivity contribution >= 4 is 111 Å². The van der Waals surface area contributed by atoms with Crippen molar-refractivity contribution in [3.05, 3.63) is 12.7 Å². The van der Waals surface area contributed by atoms with Gasteiger partial charge >= 0.3 is 15.6 Å². The number of hydrogen-bond acceptors (Lipinski definition) is 29. The van der Waals surface area contributed by atoms with E-state index in [0.717, 1.165) is 14.2 Å². The van der Waals surface area contributed by atoms with Gasteiger partial charge in [0.2, 0.25) is 15.1 Å². The summed E-state index contributed by atoms with van der Waals surface area (Å²) in [5.41, 5.74) is 13.2. The van der Waals surface area contributed by atoms with Crippen molar-refractivity contribution in [3.8, 4) is 0 Å². The number of hydrogen-bond donors (Lipinski definition) is 8. The predicted octanol–water partition coefficient (Wildman–Crippen LogP) is -0.748. The summed E-state index contributed by atoms with van der Waals surface area (Å²) < 4.78 is 115. The lowest BCUT2D eigenvalue weighted by Crippen LogP contribution is -2.33. The standard InChI is InChI=1S/C14H20BN5O10P2S.C12H18BN5O9P2S.C2H7N2O2P/c1-24-14-28-8-6(4-26-31(15,21)30-32(22,23)25-2)27-12(9(8)29-14)20-5-17-7-10(16)18-13(33-3)19-11(7)20;1-24-29(22,23)27-28(13,21)25-3-5-7(19)8(20)11(26-5)18-4-15-6-9(14)16-12(30-2)17-10(6)18;5-7(6)3-1-2-4-7/h5-6,8-9,12,14H,4H2,1-3H3,(H,22,23)(H2,16,18,19);4-5,7-8,11,19-20H,3H2,1-2H3,(H,22,23)(H2,14,16,17);1-2H2,(H3,3,4,5,6)/p-1. The fraction of sp³-hybridized carbons (Fsp3) is 0.643. The van der Waals surface area contributed by atoms with Crippen LogP contribution in [0.4, 0.5) is 11.6 Å². The lowest BCUT2D eigenvalue weighted by atomic mass is 10.1. The van der Waals surface area contributed by atoms with E-state index >= 15 is 0 Å². The van der Waals surface area contributed by atoms with Crippen LogP contribution in [-0.4, -0.2) is 177 Å². The van der Waals surface area contributed by atoms with Gasteiger partial charge in [-0.25, -0.2) is 47.7 Å². The number of ether oxygens (including phenoxy) is 5. The third kappa shape index (κ3) is 14.0. The molecule has 386 valence electrons. The Morgan fingerprint density at radius 1 is 0.757 bits per heavy atom. The van der Waals surface area contributed by atoms with E-state index in [1.807, 2.05) is 0 Å². The van der Waals surface area contributed by atoms with E-state index in [-0.39, 0.29) is 22.8 Å². The van der Waals surface area contributed by atoms with Gasteiger partial charge in [-0.05, 0) is 12.5 Å². The molecule has 0 aliphatic carbocycles. The molecule has 70 heavy (non-hydrogen) atoms. The van der Waals surface area contributed by atoms with Crippen LogP contribution in [0.15, 0.2) is 23.0 Å². The van der Waals surface area contributed by atoms with Gasteiger partial charge in [0, 0.05) is 34.4 Å². The Balaban J connectivity index is 0.000000202. The summed E-state index contributed by atoms with van der Waals surface area (Å²) in [6.07, 6.45) is -2.16. The molecule has 42 heteroatoms. The summed E-state index contributed by atoms with van der Waals surface area (Å²) in [6.45, 7) is -1.01. The normalized spacial score (nSPS) is 29.5. The topological polar surface area (TPSA) is 454 Å². The number of nitrogens with one attached hydrogen (secondary N) is 2. The zero-order valence-corrected chi connectivity index (χ0v) is 43.0. The molecule has 4 radical (unpaired) electrons. The molecule has 13 atom stereocenters. The number of aromatic nitrogens is 8. The number of phosphoric acid groups is 2. The molecular formula is C28H44B2N12O21P5S2-. The van der Waals surface area contributed by atoms with Crippen LogP contribution in [0.2, 0.25) is 0 Å². The van der Waals surface area contributed by atoms with E-state index in [1.165, 1.54) is 47.9 Å². The lowest BCUT2D eigenvalue weighted by molar-refractivity contribution is -0.256. The van der Waals surface area contributed by atoms with Gasteiger partial charge in [0.05, 0.1) is 25.9 Å². The first-order valence-corrected chi connectivity index (χ1v) is 29.7. The number of methoxy groups -OCH3 is 1. The smallest absolute Gasteiger partial charge is 0.478 e. The number of nitrogens with two attached hydrogens (primary N) is 2. The van der Waals surface area contributed by atoms with E-state index in [0.29, 0.717) is 34.6 Å². The molecule has 10 N–H and O–H groups in total. The van der Waals surface area contributed by atoms with E-state index < -0.39 is 107 Å². The van der Waals surface area contributed by atoms with Crippen LogP contribution in [0.25, 0.3) is 22.3 Å². The summed E-state index contributed by atoms with van der Waals surface area (Å²) in [5, 5.41) is 26.1. The summed E-state index contributed by atoms with van der Waals surface area (Å²) in [4.78, 5) is 54.1. The third-order valence-corrected chi connectivity index (χ3v) is 17.4. The molecule has 4 saturated heterocycles. The van der Waals surface area contributed by atoms with Crippen molar-refractivity contribution in [3.63, 3.8) is 0 Å². The second kappa shape index (κ2) is 23.2. The van der Waals surface area contributed by atoms with Crippen LogP contribution in [0, 0.1) is 0 Å². The first-order chi connectivity index (χ1) is 32.8. The maximum Gasteiger partial charge on any atom is 0.478 e. The summed E-state index contributed by atoms with van der Waals surface area (Å²) in [6, 6.07) is 0. The summed E-state index contributed by atoms with van der Waals surface area (Å²) in [5.74, 6) is 0.326. The molecule has 13 unspecified atom stereocenters. The van der Waals surface area contributed by atoms with E-state index in [2.05, 4.69) is 57.7 Å². The van der Waals surface area contributed by atoms with Crippen LogP contribution in [-0.2, 0) is 73.2 Å². The Kier molecular flexibility index (Phi) is 19.0. The van der Waals surface area contributed by atoms with Gasteiger partial charge in [0.15, 0.2) is 45.7 Å². The lowest BCUT2D eigenvalue weighted by Gasteiger charge is -2.22. The fourth-order valence-electron chi connectivity index (χ4n) is 6.48. The zero-order chi connectivity index (χ0) is 51.6. The maximum atomic E-state index is 12.3. The zero-order valence-electron chi connectivity index (χ0n) is 36.8. The van der Waals surface area contributed by atoms with Crippen molar-refractivity contribution < 1.29 is 98.1 Å². The number of aliphatic hydroxyl groups excluding tert-OH is 2. The highest BCUT2D eigenvalue weighted by Gasteiger charge is 2.55. The van der Waals surface area contributed by atoms with Crippen LogP contribution >= 0.6 is 61.8 Å². The number of anilines is 2. The molecule has 0 saturated carbocycles. The molecule has 0 spiro atoms. The molecule has 0 amide bonds. The highest BCUT2D eigenvalue weighted by molar-refractivity contribution is 7.98. The number of aliphatic hydroxyl groups is 2. The number of thioether (sulfide) groups is 2. The number of phosphoric ester groups is 2. The molecule has 0 bridgehead atoms. The third-order valence-electron chi connectivity index (χ3n) is 9.62. The number of nitrogen functional groups attached to an aromatic ring is 2. The Morgan fingerprint density at radius 3 is 1.63 bits per heavy atom. The van der Waals surface area contributed by atoms with Gasteiger partial charge in [-0.3, -0.25) is 37.5 Å². The van der Waals surface area contributed by atoms with Crippen LogP contribution < -0.4 is 26.5 Å². The molecule has 4 aliphatic heterocycles. The number of fused-ring (bicyclic) bond motifs is 3. The highest BCUT2D eigenvalue weighted by atomic mass is 32.2. The minimum Gasteiger partial charge on any atom is -0.776 e. The first-order valence-electron chi connectivity index (χ1n) is 19.4. The summed E-state index contributed by atoms with van der Waals surface area (Å²) in [7, 11) is -7.88. The Bertz CT molecular complexity index is 2730. The Labute approximate surface area is 407 Å². The second-order valence-electron chi connectivity index (χ2n) is 14.2. The van der Waals surface area contributed by atoms with Crippen molar-refractivity contribution in [2.45, 2.75) is 65.9 Å². The van der Waals surface area contributed by atoms with Crippen molar-refractivity contribution in [1.29, 1.82) is 0 Å². The Morgan fingerprint density at radius 2 is 1.20 bits per heavy atom. The van der Waals surface area contributed by atoms with Crippen molar-refractivity contribution in [1.82, 2.24) is 49.2 Å². The molecule has 4 aliphatic rings. The minimum absolute atomic E-state index is 0.129. The fourth-order valence-corrected chi connectivity index (χ4v) is 12.1. The molecule has 4 fully saturated rings. The maximum absolute atomic E-state index is 12.3. The SMILES string of the molecule is O=P1([O-])NCCN1.[B]P(=O)(OCC1OC(n2cnc3c(N)nc(SC)nc32)C(O)C1O)OP(=O)(O)OC.[B]P(=O)(OCC1OC(n2cnc3c(N)nc(SC)nc32)C2OC(OC)OC12)OP(=O)(O)OC. The van der Waals surface area contributed by atoms with Gasteiger partial charge < -0.3 is 73.7 Å². The Hall–Kier alpha value is -2.04. The average molecular weight is 1130 g/mol. The molecular weight excluding hydrogens is 1080 g/mol. The quantitative estimate of drug-likeness (QED) is 0.0279. The molecule has 4 aromatic heterocycles. The van der Waals surface area contributed by atoms with Crippen molar-refractivity contribution in [2.24, 2.45) is 0 Å². The molecule has 8 heterocycles. The van der Waals surface area contributed by atoms with Gasteiger partial charge in [-0.1, -0.05) is 23.5 Å². The molecule has 8 rings (SSSR count). The van der Waals surface area contributed by atoms with Crippen LogP contribution in [0.1, 0.15) is 12.5 Å². The van der Waals surface area contributed by atoms with Crippen LogP contribution in [0.3, 0.4) is 0 Å². The number of rotatable bonds is 17. The molecule has 33 nitrogen and oxygen atoms in total. The first kappa shape index (κ1) is 57.2. The predicted molar refractivity (Wildman–Crippen MR) is 241 cm³/mol. The van der Waals surface area contributed by atoms with Crippen LogP contribution in [0.5, 0.6) is 0 Å². The largest absolute Gasteiger partial charge is 0.776 e. The van der Waals surface area contributed by atoms with Gasteiger partial charge in [0.1, 0.15) is 55.3 Å². The molecule has 4 aromatic rings. The average Bonchev–Trinajstić information content (AvgIpc) is 4.16. The van der Waals surface area contributed by atoms with Gasteiger partial charge in [-0.15, -0.1) is 0 Å². The number of nitrogens with zero attached hydrogens (tertiary/aromatic N) is 8. The monoisotopic (exact) mass is 1130 g/mol. The van der Waals surface area contributed by atoms with Crippen molar-refractivity contribution in [2.75, 3.05) is 71.6 Å². The van der Waals surface area contributed by atoms with E-state index in [1.54, 1.807) is 17.1 Å². The number of imidazole rings is 2. The van der Waals surface area contributed by atoms with E-state index in [4.69, 9.17) is 59.3 Å². The minimum atomic E-state index is -4.68. The van der Waals surface area contributed by atoms with Gasteiger partial charge in [0.25, 0.3) is 21.4 Å². The highest BCUT2D eigenvalue weighted by Crippen LogP contribution is 2.61. The summed E-state index contributed by atoms with van der Waals surface area (Å²) >= 11 is 2.54. The molecule has 0 aromatic carbocycles.